The second-order valence-corrected chi connectivity index (χ2v) is 5.06. The highest BCUT2D eigenvalue weighted by Crippen LogP contribution is 2.37. The van der Waals surface area contributed by atoms with Gasteiger partial charge in [-0.25, -0.2) is 0 Å². The summed E-state index contributed by atoms with van der Waals surface area (Å²) in [7, 11) is 0. The highest BCUT2D eigenvalue weighted by Gasteiger charge is 2.39. The summed E-state index contributed by atoms with van der Waals surface area (Å²) in [6, 6.07) is 9.83. The molecule has 0 radical (unpaired) electrons. The van der Waals surface area contributed by atoms with Crippen LogP contribution in [-0.4, -0.2) is 38.2 Å². The first kappa shape index (κ1) is 13.1. The van der Waals surface area contributed by atoms with Gasteiger partial charge in [-0.2, -0.15) is 0 Å². The van der Waals surface area contributed by atoms with E-state index in [9.17, 15) is 5.11 Å². The average Bonchev–Trinajstić information content (AvgIpc) is 3.09. The predicted molar refractivity (Wildman–Crippen MR) is 80.0 cm³/mol. The molecule has 2 aromatic rings. The predicted octanol–water partition coefficient (Wildman–Crippen LogP) is 1.37. The van der Waals surface area contributed by atoms with Crippen molar-refractivity contribution in [3.63, 3.8) is 0 Å². The molecule has 1 saturated heterocycles. The molecule has 1 aliphatic rings. The maximum absolute atomic E-state index is 9.26. The van der Waals surface area contributed by atoms with E-state index in [1.54, 1.807) is 6.20 Å². The van der Waals surface area contributed by atoms with Crippen LogP contribution in [-0.2, 0) is 0 Å². The van der Waals surface area contributed by atoms with Crippen LogP contribution >= 0.6 is 12.2 Å². The summed E-state index contributed by atoms with van der Waals surface area (Å²) in [6.45, 7) is 0.562. The van der Waals surface area contributed by atoms with Crippen molar-refractivity contribution in [1.82, 2.24) is 20.2 Å². The molecule has 2 atom stereocenters. The fourth-order valence-corrected chi connectivity index (χ4v) is 2.95. The zero-order valence-corrected chi connectivity index (χ0v) is 11.7. The summed E-state index contributed by atoms with van der Waals surface area (Å²) >= 11 is 5.40. The van der Waals surface area contributed by atoms with Crippen molar-refractivity contribution in [1.29, 1.82) is 0 Å². The number of aliphatic hydroxyl groups is 1. The third-order valence-electron chi connectivity index (χ3n) is 3.48. The molecule has 0 aromatic carbocycles. The van der Waals surface area contributed by atoms with E-state index in [2.05, 4.69) is 15.3 Å². The molecule has 3 N–H and O–H groups in total. The topological polar surface area (TPSA) is 64.2 Å². The van der Waals surface area contributed by atoms with E-state index in [1.165, 1.54) is 0 Å². The Morgan fingerprint density at radius 2 is 2.20 bits per heavy atom. The molecule has 104 valence electrons. The summed E-state index contributed by atoms with van der Waals surface area (Å²) in [6.07, 6.45) is 3.67. The number of pyridine rings is 1. The van der Waals surface area contributed by atoms with Crippen LogP contribution in [0.5, 0.6) is 0 Å². The Hall–Kier alpha value is -1.92. The Morgan fingerprint density at radius 1 is 1.30 bits per heavy atom. The van der Waals surface area contributed by atoms with E-state index in [0.717, 1.165) is 11.4 Å². The molecule has 5 nitrogen and oxygen atoms in total. The number of H-pyrrole nitrogens is 1. The summed E-state index contributed by atoms with van der Waals surface area (Å²) in [5.74, 6) is 0. The minimum atomic E-state index is -0.0195. The number of hydrogen-bond donors (Lipinski definition) is 3. The number of nitrogens with zero attached hydrogens (tertiary/aromatic N) is 2. The van der Waals surface area contributed by atoms with Crippen molar-refractivity contribution in [2.75, 3.05) is 13.2 Å². The second-order valence-electron chi connectivity index (χ2n) is 4.67. The van der Waals surface area contributed by atoms with Crippen molar-refractivity contribution >= 4 is 17.3 Å². The number of nitrogens with one attached hydrogen (secondary N) is 2. The molecule has 3 heterocycles. The summed E-state index contributed by atoms with van der Waals surface area (Å²) in [5.41, 5.74) is 2.00. The Balaban J connectivity index is 1.99. The monoisotopic (exact) mass is 288 g/mol. The van der Waals surface area contributed by atoms with Crippen LogP contribution in [0.25, 0.3) is 0 Å². The molecule has 0 unspecified atom stereocenters. The third-order valence-corrected chi connectivity index (χ3v) is 3.83. The van der Waals surface area contributed by atoms with Gasteiger partial charge in [0.25, 0.3) is 0 Å². The Bertz CT molecular complexity index is 572. The van der Waals surface area contributed by atoms with E-state index < -0.39 is 0 Å². The number of aromatic nitrogens is 2. The largest absolute Gasteiger partial charge is 0.395 e. The number of thiocarbonyl (C=S) groups is 1. The van der Waals surface area contributed by atoms with Crippen LogP contribution in [0.1, 0.15) is 23.5 Å². The lowest BCUT2D eigenvalue weighted by molar-refractivity contribution is 0.221. The van der Waals surface area contributed by atoms with Crippen LogP contribution < -0.4 is 5.32 Å². The van der Waals surface area contributed by atoms with Gasteiger partial charge in [0, 0.05) is 24.6 Å². The van der Waals surface area contributed by atoms with Crippen LogP contribution in [0.2, 0.25) is 0 Å². The van der Waals surface area contributed by atoms with Crippen molar-refractivity contribution in [2.45, 2.75) is 12.1 Å². The molecular weight excluding hydrogens is 272 g/mol. The Morgan fingerprint density at radius 3 is 2.85 bits per heavy atom. The first-order valence-corrected chi connectivity index (χ1v) is 6.94. The quantitative estimate of drug-likeness (QED) is 0.742. The first-order valence-electron chi connectivity index (χ1n) is 6.53. The molecule has 0 saturated carbocycles. The zero-order valence-electron chi connectivity index (χ0n) is 10.9. The highest BCUT2D eigenvalue weighted by molar-refractivity contribution is 7.80. The van der Waals surface area contributed by atoms with Gasteiger partial charge in [0.15, 0.2) is 5.11 Å². The lowest BCUT2D eigenvalue weighted by atomic mass is 10.0. The van der Waals surface area contributed by atoms with Gasteiger partial charge in [-0.15, -0.1) is 0 Å². The minimum Gasteiger partial charge on any atom is -0.395 e. The van der Waals surface area contributed by atoms with Crippen molar-refractivity contribution in [3.8, 4) is 0 Å². The molecule has 3 rings (SSSR count). The molecule has 0 amide bonds. The smallest absolute Gasteiger partial charge is 0.170 e. The Labute approximate surface area is 122 Å². The number of hydrogen-bond acceptors (Lipinski definition) is 3. The SMILES string of the molecule is OCCN1C(=S)N[C@@H](c2ccccn2)[C@@H]1c1ccc[nH]1. The number of aromatic amines is 1. The fourth-order valence-electron chi connectivity index (χ4n) is 2.62. The van der Waals surface area contributed by atoms with Gasteiger partial charge in [-0.3, -0.25) is 4.98 Å². The maximum Gasteiger partial charge on any atom is 0.170 e. The number of rotatable bonds is 4. The van der Waals surface area contributed by atoms with E-state index >= 15 is 0 Å². The molecule has 6 heteroatoms. The lowest BCUT2D eigenvalue weighted by Crippen LogP contribution is -2.32. The van der Waals surface area contributed by atoms with E-state index in [4.69, 9.17) is 12.2 Å². The molecule has 20 heavy (non-hydrogen) atoms. The summed E-state index contributed by atoms with van der Waals surface area (Å²) in [5, 5.41) is 13.2. The standard InChI is InChI=1S/C14H16N4OS/c19-9-8-18-13(11-5-3-7-16-11)12(17-14(18)20)10-4-1-2-6-15-10/h1-7,12-13,16,19H,8-9H2,(H,17,20)/t12-,13-/m0/s1. The van der Waals surface area contributed by atoms with Gasteiger partial charge in [0.1, 0.15) is 0 Å². The molecule has 0 bridgehead atoms. The van der Waals surface area contributed by atoms with Crippen molar-refractivity contribution in [3.05, 3.63) is 54.1 Å². The van der Waals surface area contributed by atoms with E-state index in [1.807, 2.05) is 41.4 Å². The minimum absolute atomic E-state index is 0.0135. The van der Waals surface area contributed by atoms with E-state index in [-0.39, 0.29) is 18.7 Å². The van der Waals surface area contributed by atoms with Gasteiger partial charge in [0.2, 0.25) is 0 Å². The molecular formula is C14H16N4OS. The van der Waals surface area contributed by atoms with Gasteiger partial charge < -0.3 is 20.3 Å². The number of β-amino-alcohol motifs (C(OH)–C–C–N with tert-alkyl or cyclic N) is 1. The summed E-state index contributed by atoms with van der Waals surface area (Å²) in [4.78, 5) is 9.66. The third kappa shape index (κ3) is 2.28. The van der Waals surface area contributed by atoms with Crippen LogP contribution in [0.3, 0.4) is 0 Å². The van der Waals surface area contributed by atoms with Gasteiger partial charge in [-0.05, 0) is 36.5 Å². The molecule has 1 aliphatic heterocycles. The molecule has 0 spiro atoms. The molecule has 0 aliphatic carbocycles. The second kappa shape index (κ2) is 5.60. The zero-order chi connectivity index (χ0) is 13.9. The summed E-state index contributed by atoms with van der Waals surface area (Å²) < 4.78 is 0. The average molecular weight is 288 g/mol. The fraction of sp³-hybridized carbons (Fsp3) is 0.286. The normalized spacial score (nSPS) is 22.1. The van der Waals surface area contributed by atoms with Crippen LogP contribution in [0.15, 0.2) is 42.7 Å². The van der Waals surface area contributed by atoms with E-state index in [0.29, 0.717) is 11.7 Å². The van der Waals surface area contributed by atoms with Gasteiger partial charge >= 0.3 is 0 Å². The highest BCUT2D eigenvalue weighted by atomic mass is 32.1. The van der Waals surface area contributed by atoms with Crippen molar-refractivity contribution in [2.24, 2.45) is 0 Å². The first-order chi connectivity index (χ1) is 9.81. The van der Waals surface area contributed by atoms with Crippen LogP contribution in [0.4, 0.5) is 0 Å². The van der Waals surface area contributed by atoms with Crippen molar-refractivity contribution < 1.29 is 5.11 Å². The number of aliphatic hydroxyl groups excluding tert-OH is 1. The Kier molecular flexibility index (Phi) is 3.66. The molecule has 2 aromatic heterocycles. The van der Waals surface area contributed by atoms with Gasteiger partial charge in [-0.1, -0.05) is 6.07 Å². The molecule has 1 fully saturated rings. The maximum atomic E-state index is 9.26. The van der Waals surface area contributed by atoms with Crippen LogP contribution in [0, 0.1) is 0 Å². The van der Waals surface area contributed by atoms with Gasteiger partial charge in [0.05, 0.1) is 24.4 Å². The lowest BCUT2D eigenvalue weighted by Gasteiger charge is -2.26.